The number of anilines is 1. The Balaban J connectivity index is 1.45. The van der Waals surface area contributed by atoms with Crippen LogP contribution in [0.3, 0.4) is 0 Å². The molecule has 1 aromatic carbocycles. The Bertz CT molecular complexity index is 1080. The summed E-state index contributed by atoms with van der Waals surface area (Å²) in [6.45, 7) is 9.80. The van der Waals surface area contributed by atoms with Crippen molar-refractivity contribution < 1.29 is 23.9 Å². The van der Waals surface area contributed by atoms with E-state index in [9.17, 15) is 14.4 Å². The van der Waals surface area contributed by atoms with Crippen molar-refractivity contribution in [2.45, 2.75) is 52.5 Å². The number of aromatic nitrogens is 1. The molecule has 0 aliphatic carbocycles. The van der Waals surface area contributed by atoms with Crippen LogP contribution in [0.2, 0.25) is 0 Å². The topological polar surface area (TPSA) is 89.0 Å². The van der Waals surface area contributed by atoms with Gasteiger partial charge in [-0.2, -0.15) is 0 Å². The smallest absolute Gasteiger partial charge is 0.309 e. The maximum Gasteiger partial charge on any atom is 0.309 e. The van der Waals surface area contributed by atoms with Gasteiger partial charge in [0.25, 0.3) is 11.8 Å². The highest BCUT2D eigenvalue weighted by molar-refractivity contribution is 7.09. The summed E-state index contributed by atoms with van der Waals surface area (Å²) in [6.07, 6.45) is 1.19. The summed E-state index contributed by atoms with van der Waals surface area (Å²) < 4.78 is 10.7. The summed E-state index contributed by atoms with van der Waals surface area (Å²) in [5, 5.41) is 2.43. The van der Waals surface area contributed by atoms with Crippen molar-refractivity contribution in [1.82, 2.24) is 9.88 Å². The molecule has 182 valence electrons. The summed E-state index contributed by atoms with van der Waals surface area (Å²) >= 11 is 1.37. The molecule has 0 spiro atoms. The molecule has 4 rings (SSSR count). The number of carbonyl (C=O) groups excluding carboxylic acids is 3. The molecule has 0 bridgehead atoms. The van der Waals surface area contributed by atoms with Gasteiger partial charge >= 0.3 is 5.97 Å². The van der Waals surface area contributed by atoms with Gasteiger partial charge in [-0.1, -0.05) is 26.8 Å². The molecule has 0 radical (unpaired) electrons. The highest BCUT2D eigenvalue weighted by atomic mass is 32.1. The van der Waals surface area contributed by atoms with E-state index < -0.39 is 0 Å². The van der Waals surface area contributed by atoms with E-state index in [1.54, 1.807) is 22.1 Å². The third-order valence-electron chi connectivity index (χ3n) is 6.23. The predicted molar refractivity (Wildman–Crippen MR) is 129 cm³/mol. The van der Waals surface area contributed by atoms with Crippen molar-refractivity contribution in [3.05, 3.63) is 39.8 Å². The number of likely N-dealkylation sites (tertiary alicyclic amines) is 1. The number of esters is 1. The molecule has 0 unspecified atom stereocenters. The van der Waals surface area contributed by atoms with Crippen LogP contribution < -0.4 is 9.64 Å². The molecule has 2 aliphatic heterocycles. The molecule has 1 saturated heterocycles. The maximum absolute atomic E-state index is 13.0. The van der Waals surface area contributed by atoms with E-state index >= 15 is 0 Å². The fraction of sp³-hybridized carbons (Fsp3) is 0.520. The minimum absolute atomic E-state index is 0.0194. The molecule has 2 amide bonds. The summed E-state index contributed by atoms with van der Waals surface area (Å²) in [4.78, 5) is 45.6. The van der Waals surface area contributed by atoms with Crippen molar-refractivity contribution >= 4 is 34.8 Å². The Labute approximate surface area is 203 Å². The Hall–Kier alpha value is -2.94. The molecule has 8 nitrogen and oxygen atoms in total. The molecule has 0 atom stereocenters. The van der Waals surface area contributed by atoms with Crippen molar-refractivity contribution in [2.75, 3.05) is 31.2 Å². The molecule has 34 heavy (non-hydrogen) atoms. The number of rotatable bonds is 5. The zero-order valence-electron chi connectivity index (χ0n) is 20.1. The van der Waals surface area contributed by atoms with Gasteiger partial charge in [0.15, 0.2) is 6.61 Å². The van der Waals surface area contributed by atoms with E-state index in [4.69, 9.17) is 9.47 Å². The van der Waals surface area contributed by atoms with Crippen molar-refractivity contribution in [2.24, 2.45) is 5.92 Å². The molecule has 0 saturated carbocycles. The fourth-order valence-electron chi connectivity index (χ4n) is 4.20. The van der Waals surface area contributed by atoms with Crippen LogP contribution in [0.15, 0.2) is 23.6 Å². The highest BCUT2D eigenvalue weighted by Crippen LogP contribution is 2.37. The Kier molecular flexibility index (Phi) is 6.93. The number of fused-ring (bicyclic) bond motifs is 1. The summed E-state index contributed by atoms with van der Waals surface area (Å²) in [5.74, 6) is 0.0529. The molecular weight excluding hydrogens is 454 g/mol. The second-order valence-corrected chi connectivity index (χ2v) is 10.6. The molecule has 9 heteroatoms. The van der Waals surface area contributed by atoms with Gasteiger partial charge in [0.1, 0.15) is 16.5 Å². The number of hydrogen-bond donors (Lipinski definition) is 0. The van der Waals surface area contributed by atoms with Gasteiger partial charge in [0.2, 0.25) is 0 Å². The molecule has 1 aromatic heterocycles. The number of piperidine rings is 1. The van der Waals surface area contributed by atoms with Crippen molar-refractivity contribution in [1.29, 1.82) is 0 Å². The van der Waals surface area contributed by atoms with Crippen LogP contribution in [-0.2, 0) is 26.3 Å². The van der Waals surface area contributed by atoms with Crippen LogP contribution in [0.25, 0.3) is 0 Å². The molecular formula is C25H31N3O5S. The predicted octanol–water partition coefficient (Wildman–Crippen LogP) is 3.78. The minimum Gasteiger partial charge on any atom is -0.482 e. The van der Waals surface area contributed by atoms with E-state index in [1.807, 2.05) is 18.2 Å². The number of nitrogens with zero attached hydrogens (tertiary/aromatic N) is 3. The van der Waals surface area contributed by atoms with Crippen molar-refractivity contribution in [3.8, 4) is 5.75 Å². The minimum atomic E-state index is -0.185. The first kappa shape index (κ1) is 24.2. The van der Waals surface area contributed by atoms with Crippen LogP contribution in [-0.4, -0.2) is 54.0 Å². The average Bonchev–Trinajstić information content (AvgIpc) is 3.28. The fourth-order valence-corrected chi connectivity index (χ4v) is 4.96. The summed E-state index contributed by atoms with van der Waals surface area (Å²) in [7, 11) is 0. The molecule has 0 N–H and O–H groups in total. The van der Waals surface area contributed by atoms with Gasteiger partial charge in [-0.15, -0.1) is 11.3 Å². The standard InChI is InChI=1S/C25H31N3O5S/c1-5-32-24(31)16-8-10-27(11-9-16)23(30)18-15-34-21(26-18)13-28-19-12-17(25(2,3)4)6-7-20(19)33-14-22(28)29/h6-7,12,15-16H,5,8-11,13-14H2,1-4H3. The van der Waals surface area contributed by atoms with E-state index in [1.165, 1.54) is 11.3 Å². The van der Waals surface area contributed by atoms with E-state index in [0.717, 1.165) is 11.3 Å². The van der Waals surface area contributed by atoms with E-state index in [-0.39, 0.29) is 42.3 Å². The summed E-state index contributed by atoms with van der Waals surface area (Å²) in [5.41, 5.74) is 2.14. The lowest BCUT2D eigenvalue weighted by Crippen LogP contribution is -2.41. The number of amides is 2. The molecule has 3 heterocycles. The maximum atomic E-state index is 13.0. The van der Waals surface area contributed by atoms with Gasteiger partial charge in [-0.25, -0.2) is 4.98 Å². The van der Waals surface area contributed by atoms with Gasteiger partial charge in [0.05, 0.1) is 24.8 Å². The number of benzene rings is 1. The zero-order valence-corrected chi connectivity index (χ0v) is 20.9. The number of ether oxygens (including phenoxy) is 2. The van der Waals surface area contributed by atoms with Crippen LogP contribution in [0.1, 0.15) is 61.6 Å². The van der Waals surface area contributed by atoms with Crippen LogP contribution in [0.5, 0.6) is 5.75 Å². The zero-order chi connectivity index (χ0) is 24.5. The van der Waals surface area contributed by atoms with Gasteiger partial charge in [-0.05, 0) is 42.9 Å². The van der Waals surface area contributed by atoms with Crippen molar-refractivity contribution in [3.63, 3.8) is 0 Å². The highest BCUT2D eigenvalue weighted by Gasteiger charge is 2.31. The lowest BCUT2D eigenvalue weighted by Gasteiger charge is -2.31. The third kappa shape index (κ3) is 5.09. The second kappa shape index (κ2) is 9.74. The lowest BCUT2D eigenvalue weighted by atomic mass is 9.86. The monoisotopic (exact) mass is 485 g/mol. The van der Waals surface area contributed by atoms with Gasteiger partial charge in [-0.3, -0.25) is 19.3 Å². The van der Waals surface area contributed by atoms with Gasteiger partial charge < -0.3 is 14.4 Å². The Morgan fingerprint density at radius 3 is 2.65 bits per heavy atom. The van der Waals surface area contributed by atoms with E-state index in [2.05, 4.69) is 25.8 Å². The normalized spacial score (nSPS) is 16.8. The number of hydrogen-bond acceptors (Lipinski definition) is 7. The van der Waals surface area contributed by atoms with E-state index in [0.29, 0.717) is 49.0 Å². The van der Waals surface area contributed by atoms with Crippen LogP contribution in [0.4, 0.5) is 5.69 Å². The Morgan fingerprint density at radius 2 is 1.97 bits per heavy atom. The molecule has 2 aromatic rings. The third-order valence-corrected chi connectivity index (χ3v) is 7.07. The molecule has 2 aliphatic rings. The summed E-state index contributed by atoms with van der Waals surface area (Å²) in [6, 6.07) is 5.93. The first-order valence-corrected chi connectivity index (χ1v) is 12.5. The van der Waals surface area contributed by atoms with Crippen LogP contribution in [0, 0.1) is 5.92 Å². The number of carbonyl (C=O) groups is 3. The Morgan fingerprint density at radius 1 is 1.24 bits per heavy atom. The quantitative estimate of drug-likeness (QED) is 0.599. The second-order valence-electron chi connectivity index (χ2n) is 9.65. The van der Waals surface area contributed by atoms with Crippen LogP contribution >= 0.6 is 11.3 Å². The first-order chi connectivity index (χ1) is 16.2. The number of thiazole rings is 1. The largest absolute Gasteiger partial charge is 0.482 e. The SMILES string of the molecule is CCOC(=O)C1CCN(C(=O)c2csc(CN3C(=O)COc4ccc(C(C)(C)C)cc43)n2)CC1. The lowest BCUT2D eigenvalue weighted by molar-refractivity contribution is -0.149. The average molecular weight is 486 g/mol. The first-order valence-electron chi connectivity index (χ1n) is 11.7. The molecule has 1 fully saturated rings. The van der Waals surface area contributed by atoms with Gasteiger partial charge in [0, 0.05) is 18.5 Å².